The summed E-state index contributed by atoms with van der Waals surface area (Å²) < 4.78 is 5.90. The zero-order chi connectivity index (χ0) is 18.4. The fourth-order valence-electron chi connectivity index (χ4n) is 3.89. The van der Waals surface area contributed by atoms with E-state index in [1.807, 2.05) is 6.08 Å². The second-order valence-electron chi connectivity index (χ2n) is 8.61. The van der Waals surface area contributed by atoms with E-state index in [0.29, 0.717) is 11.8 Å². The van der Waals surface area contributed by atoms with Crippen LogP contribution in [-0.2, 0) is 4.74 Å². The number of allylic oxidation sites excluding steroid dienone is 2. The Bertz CT molecular complexity index is 411. The number of unbranched alkanes of at least 4 members (excludes halogenated alkanes) is 1. The molecule has 24 heavy (non-hydrogen) atoms. The molecule has 1 atom stereocenters. The molecule has 0 aromatic rings. The van der Waals surface area contributed by atoms with Gasteiger partial charge in [-0.15, -0.1) is 0 Å². The number of aliphatic hydroxyl groups is 1. The molecule has 0 saturated carbocycles. The molecule has 4 nitrogen and oxygen atoms in total. The van der Waals surface area contributed by atoms with Gasteiger partial charge in [-0.1, -0.05) is 26.0 Å². The molecule has 1 fully saturated rings. The van der Waals surface area contributed by atoms with Crippen LogP contribution in [-0.4, -0.2) is 39.7 Å². The molecule has 1 heterocycles. The van der Waals surface area contributed by atoms with Gasteiger partial charge in [-0.2, -0.15) is 5.06 Å². The minimum atomic E-state index is -0.200. The molecule has 1 saturated heterocycles. The lowest BCUT2D eigenvalue weighted by atomic mass is 9.75. The maximum Gasteiger partial charge on any atom is 0.108 e. The van der Waals surface area contributed by atoms with Gasteiger partial charge >= 0.3 is 0 Å². The predicted molar refractivity (Wildman–Crippen MR) is 99.3 cm³/mol. The zero-order valence-corrected chi connectivity index (χ0v) is 16.2. The van der Waals surface area contributed by atoms with Gasteiger partial charge in [0.15, 0.2) is 0 Å². The average molecular weight is 340 g/mol. The molecule has 1 aliphatic heterocycles. The van der Waals surface area contributed by atoms with E-state index >= 15 is 0 Å². The van der Waals surface area contributed by atoms with Gasteiger partial charge in [0, 0.05) is 24.3 Å². The largest absolute Gasteiger partial charge is 0.509 e. The Kier molecular flexibility index (Phi) is 7.97. The summed E-state index contributed by atoms with van der Waals surface area (Å²) in [6, 6.07) is 0. The lowest BCUT2D eigenvalue weighted by Gasteiger charge is -2.51. The predicted octanol–water partition coefficient (Wildman–Crippen LogP) is 5.10. The van der Waals surface area contributed by atoms with Gasteiger partial charge in [-0.3, -0.25) is 0 Å². The number of hydrogen-bond acceptors (Lipinski definition) is 4. The second kappa shape index (κ2) is 9.02. The van der Waals surface area contributed by atoms with Crippen molar-refractivity contribution in [2.75, 3.05) is 13.2 Å². The summed E-state index contributed by atoms with van der Waals surface area (Å²) in [4.78, 5) is 0. The third-order valence-electron chi connectivity index (χ3n) is 4.89. The summed E-state index contributed by atoms with van der Waals surface area (Å²) in [5, 5.41) is 20.9. The highest BCUT2D eigenvalue weighted by Gasteiger charge is 2.44. The van der Waals surface area contributed by atoms with Crippen molar-refractivity contribution in [1.29, 1.82) is 0 Å². The Labute approximate surface area is 148 Å². The molecule has 1 unspecified atom stereocenters. The minimum Gasteiger partial charge on any atom is -0.509 e. The zero-order valence-electron chi connectivity index (χ0n) is 16.2. The molecular weight excluding hydrogens is 302 g/mol. The number of ether oxygens (including phenoxy) is 1. The molecular formula is C20H37NO3. The monoisotopic (exact) mass is 339 g/mol. The molecule has 0 amide bonds. The maximum atomic E-state index is 10.3. The summed E-state index contributed by atoms with van der Waals surface area (Å²) in [5.74, 6) is 1.06. The van der Waals surface area contributed by atoms with E-state index in [4.69, 9.17) is 9.84 Å². The Morgan fingerprint density at radius 3 is 2.38 bits per heavy atom. The number of nitrogens with zero attached hydrogens (tertiary/aromatic N) is 1. The van der Waals surface area contributed by atoms with Crippen molar-refractivity contribution in [1.82, 2.24) is 5.06 Å². The second-order valence-corrected chi connectivity index (χ2v) is 8.61. The van der Waals surface area contributed by atoms with Gasteiger partial charge in [0.1, 0.15) is 5.76 Å². The SMILES string of the molecule is C=C(O)/C=C/C(C)CCCCOCC1CC(C)(C)N(O)C(C)(C)C1. The van der Waals surface area contributed by atoms with Crippen LogP contribution in [0.15, 0.2) is 24.5 Å². The molecule has 1 aliphatic rings. The van der Waals surface area contributed by atoms with E-state index < -0.39 is 0 Å². The first-order chi connectivity index (χ1) is 11.0. The summed E-state index contributed by atoms with van der Waals surface area (Å²) in [6.45, 7) is 15.5. The lowest BCUT2D eigenvalue weighted by Crippen LogP contribution is -2.59. The summed E-state index contributed by atoms with van der Waals surface area (Å²) >= 11 is 0. The molecule has 0 aromatic heterocycles. The normalized spacial score (nSPS) is 22.8. The van der Waals surface area contributed by atoms with Crippen molar-refractivity contribution in [3.8, 4) is 0 Å². The third-order valence-corrected chi connectivity index (χ3v) is 4.89. The first kappa shape index (κ1) is 21.2. The quantitative estimate of drug-likeness (QED) is 0.349. The Morgan fingerprint density at radius 1 is 1.25 bits per heavy atom. The van der Waals surface area contributed by atoms with Crippen molar-refractivity contribution >= 4 is 0 Å². The van der Waals surface area contributed by atoms with E-state index in [1.165, 1.54) is 5.06 Å². The number of aliphatic hydroxyl groups excluding tert-OH is 1. The van der Waals surface area contributed by atoms with Crippen molar-refractivity contribution < 1.29 is 15.1 Å². The van der Waals surface area contributed by atoms with E-state index in [1.54, 1.807) is 6.08 Å². The van der Waals surface area contributed by atoms with E-state index in [9.17, 15) is 5.21 Å². The molecule has 0 aromatic carbocycles. The molecule has 0 spiro atoms. The highest BCUT2D eigenvalue weighted by atomic mass is 16.5. The van der Waals surface area contributed by atoms with Crippen LogP contribution in [0.5, 0.6) is 0 Å². The van der Waals surface area contributed by atoms with Gasteiger partial charge in [-0.05, 0) is 71.3 Å². The summed E-state index contributed by atoms with van der Waals surface area (Å²) in [6.07, 6.45) is 8.85. The molecule has 4 heteroatoms. The highest BCUT2D eigenvalue weighted by Crippen LogP contribution is 2.39. The van der Waals surface area contributed by atoms with Crippen LogP contribution in [0, 0.1) is 11.8 Å². The van der Waals surface area contributed by atoms with Gasteiger partial charge in [-0.25, -0.2) is 0 Å². The Balaban J connectivity index is 2.21. The van der Waals surface area contributed by atoms with Crippen LogP contribution >= 0.6 is 0 Å². The van der Waals surface area contributed by atoms with Crippen LogP contribution < -0.4 is 0 Å². The fourth-order valence-corrected chi connectivity index (χ4v) is 3.89. The molecule has 2 N–H and O–H groups in total. The van der Waals surface area contributed by atoms with Crippen LogP contribution in [0.3, 0.4) is 0 Å². The number of rotatable bonds is 9. The van der Waals surface area contributed by atoms with Gasteiger partial charge in [0.25, 0.3) is 0 Å². The Hall–Kier alpha value is -0.840. The number of piperidine rings is 1. The van der Waals surface area contributed by atoms with Gasteiger partial charge in [0.2, 0.25) is 0 Å². The van der Waals surface area contributed by atoms with E-state index in [0.717, 1.165) is 45.3 Å². The standard InChI is InChI=1S/C20H37NO3/c1-16(10-11-17(2)22)9-7-8-12-24-15-18-13-19(3,4)21(23)20(5,6)14-18/h10-11,16,18,22-23H,2,7-9,12-15H2,1,3-6H3/b11-10+. The van der Waals surface area contributed by atoms with Crippen LogP contribution in [0.4, 0.5) is 0 Å². The average Bonchev–Trinajstić information content (AvgIpc) is 2.45. The summed E-state index contributed by atoms with van der Waals surface area (Å²) in [5.41, 5.74) is -0.400. The van der Waals surface area contributed by atoms with E-state index in [2.05, 4.69) is 41.2 Å². The summed E-state index contributed by atoms with van der Waals surface area (Å²) in [7, 11) is 0. The van der Waals surface area contributed by atoms with Crippen molar-refractivity contribution in [2.24, 2.45) is 11.8 Å². The van der Waals surface area contributed by atoms with Crippen molar-refractivity contribution in [2.45, 2.75) is 77.8 Å². The smallest absolute Gasteiger partial charge is 0.108 e. The van der Waals surface area contributed by atoms with Crippen molar-refractivity contribution in [3.05, 3.63) is 24.5 Å². The minimum absolute atomic E-state index is 0.116. The number of hydrogen-bond donors (Lipinski definition) is 2. The van der Waals surface area contributed by atoms with Crippen LogP contribution in [0.1, 0.15) is 66.7 Å². The topological polar surface area (TPSA) is 52.9 Å². The fraction of sp³-hybridized carbons (Fsp3) is 0.800. The first-order valence-corrected chi connectivity index (χ1v) is 9.17. The molecule has 140 valence electrons. The van der Waals surface area contributed by atoms with Crippen LogP contribution in [0.2, 0.25) is 0 Å². The van der Waals surface area contributed by atoms with Gasteiger partial charge < -0.3 is 15.1 Å². The van der Waals surface area contributed by atoms with E-state index in [-0.39, 0.29) is 16.8 Å². The number of hydroxylamine groups is 2. The molecule has 0 radical (unpaired) electrons. The molecule has 1 rings (SSSR count). The maximum absolute atomic E-state index is 10.3. The Morgan fingerprint density at radius 2 is 1.83 bits per heavy atom. The lowest BCUT2D eigenvalue weighted by molar-refractivity contribution is -0.253. The van der Waals surface area contributed by atoms with Crippen molar-refractivity contribution in [3.63, 3.8) is 0 Å². The third kappa shape index (κ3) is 6.96. The first-order valence-electron chi connectivity index (χ1n) is 9.17. The molecule has 0 aliphatic carbocycles. The highest BCUT2D eigenvalue weighted by molar-refractivity contribution is 5.06. The van der Waals surface area contributed by atoms with Gasteiger partial charge in [0.05, 0.1) is 0 Å². The van der Waals surface area contributed by atoms with Crippen LogP contribution in [0.25, 0.3) is 0 Å². The molecule has 0 bridgehead atoms.